The standard InChI is InChI=1S/C12H24N2O/c15-7-4-11-3-6-14(9-11)10-12-2-1-5-13-8-12/h11-13,15H,1-10H2. The fraction of sp³-hybridized carbons (Fsp3) is 1.00. The number of aliphatic hydroxyl groups excluding tert-OH is 1. The number of likely N-dealkylation sites (tertiary alicyclic amines) is 1. The van der Waals surface area contributed by atoms with Gasteiger partial charge in [0.1, 0.15) is 0 Å². The normalized spacial score (nSPS) is 33.4. The molecule has 0 amide bonds. The number of piperidine rings is 1. The van der Waals surface area contributed by atoms with Crippen LogP contribution in [0.2, 0.25) is 0 Å². The summed E-state index contributed by atoms with van der Waals surface area (Å²) in [5, 5.41) is 12.4. The van der Waals surface area contributed by atoms with Gasteiger partial charge in [-0.15, -0.1) is 0 Å². The van der Waals surface area contributed by atoms with Crippen LogP contribution in [0.1, 0.15) is 25.7 Å². The highest BCUT2D eigenvalue weighted by Gasteiger charge is 2.24. The molecule has 0 aliphatic carbocycles. The van der Waals surface area contributed by atoms with Gasteiger partial charge in [0.05, 0.1) is 0 Å². The Morgan fingerprint density at radius 1 is 1.27 bits per heavy atom. The van der Waals surface area contributed by atoms with Gasteiger partial charge in [0.15, 0.2) is 0 Å². The van der Waals surface area contributed by atoms with Crippen LogP contribution in [-0.2, 0) is 0 Å². The highest BCUT2D eigenvalue weighted by molar-refractivity contribution is 4.79. The first-order chi connectivity index (χ1) is 7.38. The SMILES string of the molecule is OCCC1CCN(CC2CCCNC2)C1. The van der Waals surface area contributed by atoms with E-state index in [2.05, 4.69) is 10.2 Å². The molecule has 2 rings (SSSR count). The lowest BCUT2D eigenvalue weighted by molar-refractivity contribution is 0.224. The number of hydrogen-bond acceptors (Lipinski definition) is 3. The minimum Gasteiger partial charge on any atom is -0.396 e. The van der Waals surface area contributed by atoms with Gasteiger partial charge in [-0.1, -0.05) is 0 Å². The van der Waals surface area contributed by atoms with Gasteiger partial charge in [0, 0.05) is 19.7 Å². The molecule has 0 aromatic heterocycles. The molecule has 0 aromatic carbocycles. The van der Waals surface area contributed by atoms with Gasteiger partial charge < -0.3 is 15.3 Å². The molecule has 2 atom stereocenters. The smallest absolute Gasteiger partial charge is 0.0434 e. The van der Waals surface area contributed by atoms with Crippen molar-refractivity contribution in [3.05, 3.63) is 0 Å². The molecule has 3 nitrogen and oxygen atoms in total. The molecular formula is C12H24N2O. The second-order valence-electron chi connectivity index (χ2n) is 5.14. The van der Waals surface area contributed by atoms with E-state index in [0.717, 1.165) is 18.3 Å². The quantitative estimate of drug-likeness (QED) is 0.720. The lowest BCUT2D eigenvalue weighted by Gasteiger charge is -2.27. The van der Waals surface area contributed by atoms with Crippen molar-refractivity contribution in [3.63, 3.8) is 0 Å². The summed E-state index contributed by atoms with van der Waals surface area (Å²) < 4.78 is 0. The Labute approximate surface area is 92.8 Å². The molecule has 15 heavy (non-hydrogen) atoms. The van der Waals surface area contributed by atoms with E-state index >= 15 is 0 Å². The van der Waals surface area contributed by atoms with E-state index in [1.54, 1.807) is 0 Å². The predicted molar refractivity (Wildman–Crippen MR) is 61.8 cm³/mol. The van der Waals surface area contributed by atoms with Crippen LogP contribution in [0, 0.1) is 11.8 Å². The van der Waals surface area contributed by atoms with Gasteiger partial charge >= 0.3 is 0 Å². The van der Waals surface area contributed by atoms with Gasteiger partial charge in [-0.05, 0) is 57.2 Å². The largest absolute Gasteiger partial charge is 0.396 e. The van der Waals surface area contributed by atoms with Crippen molar-refractivity contribution in [3.8, 4) is 0 Å². The minimum absolute atomic E-state index is 0.365. The first-order valence-corrected chi connectivity index (χ1v) is 6.42. The molecule has 2 unspecified atom stereocenters. The highest BCUT2D eigenvalue weighted by Crippen LogP contribution is 2.21. The van der Waals surface area contributed by atoms with Crippen LogP contribution in [0.3, 0.4) is 0 Å². The summed E-state index contributed by atoms with van der Waals surface area (Å²) in [6, 6.07) is 0. The van der Waals surface area contributed by atoms with Crippen molar-refractivity contribution in [1.29, 1.82) is 0 Å². The zero-order chi connectivity index (χ0) is 10.5. The maximum atomic E-state index is 8.91. The van der Waals surface area contributed by atoms with Crippen molar-refractivity contribution in [1.82, 2.24) is 10.2 Å². The van der Waals surface area contributed by atoms with Crippen molar-refractivity contribution in [2.24, 2.45) is 11.8 Å². The van der Waals surface area contributed by atoms with Crippen molar-refractivity contribution >= 4 is 0 Å². The van der Waals surface area contributed by atoms with Crippen LogP contribution in [-0.4, -0.2) is 49.3 Å². The van der Waals surface area contributed by atoms with Crippen molar-refractivity contribution < 1.29 is 5.11 Å². The number of nitrogens with zero attached hydrogens (tertiary/aromatic N) is 1. The van der Waals surface area contributed by atoms with E-state index in [9.17, 15) is 0 Å². The summed E-state index contributed by atoms with van der Waals surface area (Å²) >= 11 is 0. The van der Waals surface area contributed by atoms with E-state index in [1.807, 2.05) is 0 Å². The number of aliphatic hydroxyl groups is 1. The Morgan fingerprint density at radius 2 is 2.20 bits per heavy atom. The molecule has 0 spiro atoms. The van der Waals surface area contributed by atoms with Crippen LogP contribution in [0.5, 0.6) is 0 Å². The lowest BCUT2D eigenvalue weighted by atomic mass is 9.99. The summed E-state index contributed by atoms with van der Waals surface area (Å²) in [6.45, 7) is 6.53. The molecule has 2 aliphatic rings. The van der Waals surface area contributed by atoms with Gasteiger partial charge in [0.25, 0.3) is 0 Å². The molecule has 2 saturated heterocycles. The average molecular weight is 212 g/mol. The maximum absolute atomic E-state index is 8.91. The Hall–Kier alpha value is -0.120. The lowest BCUT2D eigenvalue weighted by Crippen LogP contribution is -2.37. The zero-order valence-corrected chi connectivity index (χ0v) is 9.62. The summed E-state index contributed by atoms with van der Waals surface area (Å²) in [4.78, 5) is 2.60. The molecule has 0 aromatic rings. The highest BCUT2D eigenvalue weighted by atomic mass is 16.3. The molecule has 2 aliphatic heterocycles. The first-order valence-electron chi connectivity index (χ1n) is 6.42. The zero-order valence-electron chi connectivity index (χ0n) is 9.62. The molecule has 0 radical (unpaired) electrons. The van der Waals surface area contributed by atoms with E-state index in [-0.39, 0.29) is 0 Å². The Balaban J connectivity index is 1.67. The summed E-state index contributed by atoms with van der Waals surface area (Å²) in [6.07, 6.45) is 5.03. The van der Waals surface area contributed by atoms with Crippen LogP contribution < -0.4 is 5.32 Å². The molecule has 2 heterocycles. The van der Waals surface area contributed by atoms with Gasteiger partial charge in [-0.25, -0.2) is 0 Å². The molecule has 3 heteroatoms. The Morgan fingerprint density at radius 3 is 2.93 bits per heavy atom. The van der Waals surface area contributed by atoms with Gasteiger partial charge in [-0.3, -0.25) is 0 Å². The fourth-order valence-electron chi connectivity index (χ4n) is 2.94. The van der Waals surface area contributed by atoms with Crippen molar-refractivity contribution in [2.45, 2.75) is 25.7 Å². The van der Waals surface area contributed by atoms with E-state index in [4.69, 9.17) is 5.11 Å². The summed E-state index contributed by atoms with van der Waals surface area (Å²) in [5.41, 5.74) is 0. The maximum Gasteiger partial charge on any atom is 0.0434 e. The Kier molecular flexibility index (Phi) is 4.42. The molecule has 88 valence electrons. The van der Waals surface area contributed by atoms with Gasteiger partial charge in [-0.2, -0.15) is 0 Å². The topological polar surface area (TPSA) is 35.5 Å². The Bertz CT molecular complexity index is 180. The minimum atomic E-state index is 0.365. The fourth-order valence-corrected chi connectivity index (χ4v) is 2.94. The second-order valence-corrected chi connectivity index (χ2v) is 5.14. The van der Waals surface area contributed by atoms with Crippen LogP contribution in [0.4, 0.5) is 0 Å². The average Bonchev–Trinajstić information content (AvgIpc) is 2.68. The molecule has 0 saturated carbocycles. The first kappa shape index (κ1) is 11.4. The molecule has 0 bridgehead atoms. The summed E-state index contributed by atoms with van der Waals surface area (Å²) in [5.74, 6) is 1.62. The molecule has 2 fully saturated rings. The van der Waals surface area contributed by atoms with Crippen LogP contribution >= 0.6 is 0 Å². The van der Waals surface area contributed by atoms with E-state index in [0.29, 0.717) is 6.61 Å². The number of rotatable bonds is 4. The summed E-state index contributed by atoms with van der Waals surface area (Å²) in [7, 11) is 0. The van der Waals surface area contributed by atoms with Gasteiger partial charge in [0.2, 0.25) is 0 Å². The third-order valence-electron chi connectivity index (χ3n) is 3.82. The third-order valence-corrected chi connectivity index (χ3v) is 3.82. The monoisotopic (exact) mass is 212 g/mol. The van der Waals surface area contributed by atoms with Crippen LogP contribution in [0.15, 0.2) is 0 Å². The van der Waals surface area contributed by atoms with Crippen molar-refractivity contribution in [2.75, 3.05) is 39.3 Å². The van der Waals surface area contributed by atoms with Crippen LogP contribution in [0.25, 0.3) is 0 Å². The third kappa shape index (κ3) is 3.44. The van der Waals surface area contributed by atoms with E-state index in [1.165, 1.54) is 52.0 Å². The second kappa shape index (κ2) is 5.83. The molecular weight excluding hydrogens is 188 g/mol. The number of nitrogens with one attached hydrogen (secondary N) is 1. The molecule has 2 N–H and O–H groups in total. The number of hydrogen-bond donors (Lipinski definition) is 2. The van der Waals surface area contributed by atoms with E-state index < -0.39 is 0 Å². The predicted octanol–water partition coefficient (Wildman–Crippen LogP) is 0.690.